The van der Waals surface area contributed by atoms with Gasteiger partial charge in [-0.05, 0) is 27.7 Å². The normalized spacial score (nSPS) is 23.4. The maximum Gasteiger partial charge on any atom is 0.331 e. The first kappa shape index (κ1) is 13.0. The molecule has 16 heavy (non-hydrogen) atoms. The van der Waals surface area contributed by atoms with Crippen LogP contribution in [0.3, 0.4) is 0 Å². The highest BCUT2D eigenvalue weighted by molar-refractivity contribution is 5.81. The molecular formula is C12H21NO3. The topological polar surface area (TPSA) is 38.8 Å². The van der Waals surface area contributed by atoms with Gasteiger partial charge in [0.05, 0.1) is 18.3 Å². The largest absolute Gasteiger partial charge is 0.466 e. The van der Waals surface area contributed by atoms with Crippen molar-refractivity contribution in [3.63, 3.8) is 0 Å². The lowest BCUT2D eigenvalue weighted by atomic mass is 9.99. The van der Waals surface area contributed by atoms with Gasteiger partial charge in [0.25, 0.3) is 0 Å². The van der Waals surface area contributed by atoms with Crippen LogP contribution < -0.4 is 0 Å². The van der Waals surface area contributed by atoms with Crippen molar-refractivity contribution >= 4 is 5.97 Å². The fourth-order valence-corrected chi connectivity index (χ4v) is 2.19. The summed E-state index contributed by atoms with van der Waals surface area (Å²) in [5.41, 5.74) is -0.412. The van der Waals surface area contributed by atoms with E-state index in [0.29, 0.717) is 0 Å². The van der Waals surface area contributed by atoms with Crippen LogP contribution in [0.1, 0.15) is 27.7 Å². The molecule has 0 unspecified atom stereocenters. The van der Waals surface area contributed by atoms with Gasteiger partial charge in [0.1, 0.15) is 0 Å². The van der Waals surface area contributed by atoms with Gasteiger partial charge in [-0.15, -0.1) is 0 Å². The number of nitrogens with zero attached hydrogens (tertiary/aromatic N) is 1. The molecule has 0 bridgehead atoms. The van der Waals surface area contributed by atoms with E-state index in [9.17, 15) is 4.79 Å². The smallest absolute Gasteiger partial charge is 0.331 e. The van der Waals surface area contributed by atoms with E-state index in [4.69, 9.17) is 4.74 Å². The second-order valence-corrected chi connectivity index (χ2v) is 5.37. The van der Waals surface area contributed by atoms with E-state index in [2.05, 4.69) is 9.64 Å². The van der Waals surface area contributed by atoms with E-state index in [1.165, 1.54) is 13.2 Å². The Hall–Kier alpha value is -1.03. The van der Waals surface area contributed by atoms with Gasteiger partial charge >= 0.3 is 5.97 Å². The Labute approximate surface area is 97.2 Å². The summed E-state index contributed by atoms with van der Waals surface area (Å²) >= 11 is 0. The lowest BCUT2D eigenvalue weighted by Crippen LogP contribution is -2.55. The van der Waals surface area contributed by atoms with Crippen molar-refractivity contribution in [3.8, 4) is 0 Å². The van der Waals surface area contributed by atoms with E-state index in [0.717, 1.165) is 13.1 Å². The van der Waals surface area contributed by atoms with Crippen molar-refractivity contribution in [1.82, 2.24) is 4.90 Å². The van der Waals surface area contributed by atoms with Crippen LogP contribution in [0.15, 0.2) is 12.3 Å². The Morgan fingerprint density at radius 1 is 1.25 bits per heavy atom. The predicted octanol–water partition coefficient (Wildman–Crippen LogP) is 1.56. The first-order chi connectivity index (χ1) is 7.24. The molecule has 0 N–H and O–H groups in total. The molecule has 4 nitrogen and oxygen atoms in total. The molecule has 0 aliphatic carbocycles. The summed E-state index contributed by atoms with van der Waals surface area (Å²) in [4.78, 5) is 13.1. The minimum Gasteiger partial charge on any atom is -0.466 e. The highest BCUT2D eigenvalue weighted by atomic mass is 16.5. The number of carbonyl (C=O) groups excluding carboxylic acids is 1. The van der Waals surface area contributed by atoms with E-state index >= 15 is 0 Å². The maximum atomic E-state index is 11.0. The molecule has 0 aromatic rings. The van der Waals surface area contributed by atoms with E-state index in [1.54, 1.807) is 6.20 Å². The predicted molar refractivity (Wildman–Crippen MR) is 62.0 cm³/mol. The summed E-state index contributed by atoms with van der Waals surface area (Å²) in [5.74, 6) is -0.331. The Morgan fingerprint density at radius 3 is 2.19 bits per heavy atom. The van der Waals surface area contributed by atoms with Crippen LogP contribution in [-0.4, -0.2) is 42.3 Å². The van der Waals surface area contributed by atoms with Crippen LogP contribution in [0.25, 0.3) is 0 Å². The minimum absolute atomic E-state index is 0.206. The lowest BCUT2D eigenvalue weighted by Gasteiger charge is -2.46. The molecule has 1 fully saturated rings. The average molecular weight is 227 g/mol. The van der Waals surface area contributed by atoms with Crippen LogP contribution in [0.5, 0.6) is 0 Å². The summed E-state index contributed by atoms with van der Waals surface area (Å²) < 4.78 is 10.5. The molecule has 1 saturated heterocycles. The zero-order valence-corrected chi connectivity index (χ0v) is 10.7. The van der Waals surface area contributed by atoms with Crippen molar-refractivity contribution in [1.29, 1.82) is 0 Å². The van der Waals surface area contributed by atoms with Gasteiger partial charge in [0, 0.05) is 25.4 Å². The second kappa shape index (κ2) is 4.45. The molecule has 92 valence electrons. The van der Waals surface area contributed by atoms with Crippen molar-refractivity contribution in [2.45, 2.75) is 38.9 Å². The van der Waals surface area contributed by atoms with Crippen LogP contribution in [0.2, 0.25) is 0 Å². The third-order valence-corrected chi connectivity index (χ3v) is 2.34. The average Bonchev–Trinajstić information content (AvgIpc) is 2.09. The molecule has 0 aromatic heterocycles. The number of esters is 1. The summed E-state index contributed by atoms with van der Waals surface area (Å²) in [7, 11) is 1.37. The SMILES string of the molecule is COC(=O)/C=C/N1CC(C)(C)OC(C)(C)C1. The Kier molecular flexibility index (Phi) is 3.63. The molecular weight excluding hydrogens is 206 g/mol. The number of morpholine rings is 1. The Bertz CT molecular complexity index is 279. The van der Waals surface area contributed by atoms with Gasteiger partial charge in [-0.1, -0.05) is 0 Å². The third-order valence-electron chi connectivity index (χ3n) is 2.34. The van der Waals surface area contributed by atoms with Gasteiger partial charge in [0.15, 0.2) is 0 Å². The monoisotopic (exact) mass is 227 g/mol. The van der Waals surface area contributed by atoms with Crippen molar-refractivity contribution in [2.24, 2.45) is 0 Å². The highest BCUT2D eigenvalue weighted by Crippen LogP contribution is 2.27. The van der Waals surface area contributed by atoms with Crippen LogP contribution in [-0.2, 0) is 14.3 Å². The first-order valence-corrected chi connectivity index (χ1v) is 5.44. The van der Waals surface area contributed by atoms with Gasteiger partial charge in [0.2, 0.25) is 0 Å². The Morgan fingerprint density at radius 2 is 1.75 bits per heavy atom. The van der Waals surface area contributed by atoms with Gasteiger partial charge in [-0.2, -0.15) is 0 Å². The molecule has 0 aromatic carbocycles. The highest BCUT2D eigenvalue weighted by Gasteiger charge is 2.36. The summed E-state index contributed by atoms with van der Waals surface area (Å²) in [5, 5.41) is 0. The maximum absolute atomic E-state index is 11.0. The fourth-order valence-electron chi connectivity index (χ4n) is 2.19. The molecule has 4 heteroatoms. The summed E-state index contributed by atoms with van der Waals surface area (Å²) in [6.07, 6.45) is 3.22. The van der Waals surface area contributed by atoms with Crippen LogP contribution in [0, 0.1) is 0 Å². The molecule has 1 heterocycles. The molecule has 1 aliphatic heterocycles. The molecule has 1 rings (SSSR count). The van der Waals surface area contributed by atoms with E-state index in [1.807, 2.05) is 27.7 Å². The standard InChI is InChI=1S/C12H21NO3/c1-11(2)8-13(7-6-10(14)15-5)9-12(3,4)16-11/h6-7H,8-9H2,1-5H3/b7-6+. The van der Waals surface area contributed by atoms with Crippen molar-refractivity contribution in [2.75, 3.05) is 20.2 Å². The van der Waals surface area contributed by atoms with Crippen LogP contribution >= 0.6 is 0 Å². The number of hydrogen-bond acceptors (Lipinski definition) is 4. The number of ether oxygens (including phenoxy) is 2. The summed E-state index contributed by atoms with van der Waals surface area (Å²) in [6, 6.07) is 0. The fraction of sp³-hybridized carbons (Fsp3) is 0.750. The van der Waals surface area contributed by atoms with Crippen molar-refractivity contribution < 1.29 is 14.3 Å². The second-order valence-electron chi connectivity index (χ2n) is 5.37. The van der Waals surface area contributed by atoms with Gasteiger partial charge in [-0.3, -0.25) is 0 Å². The number of methoxy groups -OCH3 is 1. The molecule has 0 atom stereocenters. The number of hydrogen-bond donors (Lipinski definition) is 0. The molecule has 0 saturated carbocycles. The zero-order chi connectivity index (χ0) is 12.4. The van der Waals surface area contributed by atoms with Crippen LogP contribution in [0.4, 0.5) is 0 Å². The summed E-state index contributed by atoms with van der Waals surface area (Å²) in [6.45, 7) is 9.73. The first-order valence-electron chi connectivity index (χ1n) is 5.44. The van der Waals surface area contributed by atoms with Crippen molar-refractivity contribution in [3.05, 3.63) is 12.3 Å². The molecule has 0 radical (unpaired) electrons. The van der Waals surface area contributed by atoms with Gasteiger partial charge in [-0.25, -0.2) is 4.79 Å². The quantitative estimate of drug-likeness (QED) is 0.530. The van der Waals surface area contributed by atoms with E-state index < -0.39 is 0 Å². The van der Waals surface area contributed by atoms with Gasteiger partial charge < -0.3 is 14.4 Å². The number of carbonyl (C=O) groups is 1. The number of rotatable bonds is 2. The molecule has 1 aliphatic rings. The van der Waals surface area contributed by atoms with E-state index in [-0.39, 0.29) is 17.2 Å². The lowest BCUT2D eigenvalue weighted by molar-refractivity contribution is -0.171. The molecule has 0 amide bonds. The minimum atomic E-state index is -0.331. The third kappa shape index (κ3) is 3.85. The molecule has 0 spiro atoms. The zero-order valence-electron chi connectivity index (χ0n) is 10.7. The Balaban J connectivity index is 2.68.